The third-order valence-electron chi connectivity index (χ3n) is 2.64. The maximum absolute atomic E-state index is 9.65. The van der Waals surface area contributed by atoms with E-state index >= 15 is 0 Å². The zero-order valence-electron chi connectivity index (χ0n) is 10.8. The second-order valence-corrected chi connectivity index (χ2v) is 5.34. The minimum Gasteiger partial charge on any atom is -0.393 e. The Kier molecular flexibility index (Phi) is 8.20. The monoisotopic (exact) mass is 273 g/mol. The molecule has 0 aliphatic heterocycles. The molecule has 0 aliphatic carbocycles. The maximum Gasteiger partial charge on any atom is 0.0897 e. The molecule has 2 unspecified atom stereocenters. The molecule has 0 aromatic carbocycles. The molecule has 1 aromatic rings. The van der Waals surface area contributed by atoms with Crippen molar-refractivity contribution in [3.63, 3.8) is 0 Å². The number of nitrogens with one attached hydrogen (secondary N) is 1. The van der Waals surface area contributed by atoms with Crippen molar-refractivity contribution in [3.8, 4) is 0 Å². The van der Waals surface area contributed by atoms with Gasteiger partial charge in [-0.15, -0.1) is 11.3 Å². The van der Waals surface area contributed by atoms with Crippen LogP contribution < -0.4 is 5.32 Å². The van der Waals surface area contributed by atoms with E-state index in [1.807, 2.05) is 24.4 Å². The molecule has 18 heavy (non-hydrogen) atoms. The lowest BCUT2D eigenvalue weighted by molar-refractivity contribution is 0.0294. The Balaban J connectivity index is 1.95. The first-order valence-corrected chi connectivity index (χ1v) is 7.27. The van der Waals surface area contributed by atoms with E-state index in [1.54, 1.807) is 11.3 Å². The number of hydrogen-bond acceptors (Lipinski definition) is 5. The molecule has 0 bridgehead atoms. The highest BCUT2D eigenvalue weighted by Gasteiger charge is 2.05. The fourth-order valence-corrected chi connectivity index (χ4v) is 2.13. The molecule has 0 radical (unpaired) electrons. The van der Waals surface area contributed by atoms with Gasteiger partial charge in [0.2, 0.25) is 0 Å². The van der Waals surface area contributed by atoms with E-state index in [2.05, 4.69) is 5.32 Å². The van der Waals surface area contributed by atoms with Crippen LogP contribution in [0.3, 0.4) is 0 Å². The number of rotatable bonds is 10. The van der Waals surface area contributed by atoms with Crippen LogP contribution in [0.15, 0.2) is 17.5 Å². The first-order chi connectivity index (χ1) is 8.72. The SMILES string of the molecule is CCC(O)CCNCC(O)COCc1cccs1. The van der Waals surface area contributed by atoms with Crippen LogP contribution >= 0.6 is 11.3 Å². The van der Waals surface area contributed by atoms with Crippen molar-refractivity contribution >= 4 is 11.3 Å². The molecule has 5 heteroatoms. The summed E-state index contributed by atoms with van der Waals surface area (Å²) in [4.78, 5) is 1.17. The minimum atomic E-state index is -0.497. The van der Waals surface area contributed by atoms with Crippen LogP contribution in [-0.2, 0) is 11.3 Å². The Labute approximate surface area is 113 Å². The number of aliphatic hydroxyl groups excluding tert-OH is 2. The molecule has 0 aliphatic rings. The summed E-state index contributed by atoms with van der Waals surface area (Å²) < 4.78 is 5.41. The third kappa shape index (κ3) is 7.08. The van der Waals surface area contributed by atoms with Gasteiger partial charge >= 0.3 is 0 Å². The predicted molar refractivity (Wildman–Crippen MR) is 73.8 cm³/mol. The molecule has 0 saturated heterocycles. The van der Waals surface area contributed by atoms with Crippen LogP contribution in [0, 0.1) is 0 Å². The van der Waals surface area contributed by atoms with E-state index in [-0.39, 0.29) is 6.10 Å². The fourth-order valence-electron chi connectivity index (χ4n) is 1.49. The van der Waals surface area contributed by atoms with E-state index in [4.69, 9.17) is 4.74 Å². The lowest BCUT2D eigenvalue weighted by Crippen LogP contribution is -2.32. The van der Waals surface area contributed by atoms with Gasteiger partial charge in [-0.2, -0.15) is 0 Å². The number of hydrogen-bond donors (Lipinski definition) is 3. The predicted octanol–water partition coefficient (Wildman–Crippen LogP) is 1.38. The summed E-state index contributed by atoms with van der Waals surface area (Å²) >= 11 is 1.65. The highest BCUT2D eigenvalue weighted by atomic mass is 32.1. The van der Waals surface area contributed by atoms with Crippen LogP contribution in [0.4, 0.5) is 0 Å². The van der Waals surface area contributed by atoms with Gasteiger partial charge in [-0.1, -0.05) is 13.0 Å². The van der Waals surface area contributed by atoms with Gasteiger partial charge in [0.1, 0.15) is 0 Å². The second kappa shape index (κ2) is 9.47. The standard InChI is InChI=1S/C13H23NO3S/c1-2-11(15)5-6-14-8-12(16)9-17-10-13-4-3-7-18-13/h3-4,7,11-12,14-16H,2,5-6,8-10H2,1H3. The molecule has 0 amide bonds. The quantitative estimate of drug-likeness (QED) is 0.564. The van der Waals surface area contributed by atoms with E-state index in [9.17, 15) is 10.2 Å². The van der Waals surface area contributed by atoms with Gasteiger partial charge < -0.3 is 20.3 Å². The molecular weight excluding hydrogens is 250 g/mol. The van der Waals surface area contributed by atoms with Gasteiger partial charge in [0, 0.05) is 11.4 Å². The van der Waals surface area contributed by atoms with Crippen molar-refractivity contribution in [2.45, 2.75) is 38.6 Å². The van der Waals surface area contributed by atoms with Crippen molar-refractivity contribution in [2.24, 2.45) is 0 Å². The van der Waals surface area contributed by atoms with Crippen molar-refractivity contribution < 1.29 is 14.9 Å². The highest BCUT2D eigenvalue weighted by molar-refractivity contribution is 7.09. The topological polar surface area (TPSA) is 61.7 Å². The highest BCUT2D eigenvalue weighted by Crippen LogP contribution is 2.09. The summed E-state index contributed by atoms with van der Waals surface area (Å²) in [6.07, 6.45) is 0.751. The van der Waals surface area contributed by atoms with E-state index in [0.717, 1.165) is 19.4 Å². The molecule has 4 nitrogen and oxygen atoms in total. The van der Waals surface area contributed by atoms with Gasteiger partial charge in [-0.05, 0) is 30.8 Å². The summed E-state index contributed by atoms with van der Waals surface area (Å²) in [5.41, 5.74) is 0. The maximum atomic E-state index is 9.65. The Morgan fingerprint density at radius 3 is 2.89 bits per heavy atom. The van der Waals surface area contributed by atoms with E-state index < -0.39 is 6.10 Å². The van der Waals surface area contributed by atoms with Crippen LogP contribution in [0.2, 0.25) is 0 Å². The molecule has 1 heterocycles. The normalized spacial score (nSPS) is 14.6. The van der Waals surface area contributed by atoms with Gasteiger partial charge in [0.05, 0.1) is 25.4 Å². The Morgan fingerprint density at radius 2 is 2.22 bits per heavy atom. The molecule has 1 aromatic heterocycles. The van der Waals surface area contributed by atoms with E-state index in [0.29, 0.717) is 19.8 Å². The summed E-state index contributed by atoms with van der Waals surface area (Å²) in [7, 11) is 0. The van der Waals surface area contributed by atoms with Crippen LogP contribution in [0.25, 0.3) is 0 Å². The van der Waals surface area contributed by atoms with Gasteiger partial charge in [0.15, 0.2) is 0 Å². The Hall–Kier alpha value is -0.460. The summed E-state index contributed by atoms with van der Waals surface area (Å²) in [5, 5.41) is 24.1. The van der Waals surface area contributed by atoms with Crippen molar-refractivity contribution in [1.29, 1.82) is 0 Å². The van der Waals surface area contributed by atoms with E-state index in [1.165, 1.54) is 4.88 Å². The number of thiophene rings is 1. The Bertz CT molecular complexity index is 292. The average Bonchev–Trinajstić information content (AvgIpc) is 2.87. The summed E-state index contributed by atoms with van der Waals surface area (Å²) in [6.45, 7) is 4.07. The van der Waals surface area contributed by atoms with Crippen LogP contribution in [0.5, 0.6) is 0 Å². The van der Waals surface area contributed by atoms with Crippen molar-refractivity contribution in [3.05, 3.63) is 22.4 Å². The molecule has 2 atom stereocenters. The van der Waals surface area contributed by atoms with Gasteiger partial charge in [-0.25, -0.2) is 0 Å². The van der Waals surface area contributed by atoms with Crippen molar-refractivity contribution in [1.82, 2.24) is 5.32 Å². The molecule has 3 N–H and O–H groups in total. The van der Waals surface area contributed by atoms with Gasteiger partial charge in [-0.3, -0.25) is 0 Å². The zero-order chi connectivity index (χ0) is 13.2. The third-order valence-corrected chi connectivity index (χ3v) is 3.49. The molecule has 0 spiro atoms. The smallest absolute Gasteiger partial charge is 0.0897 e. The Morgan fingerprint density at radius 1 is 1.39 bits per heavy atom. The average molecular weight is 273 g/mol. The minimum absolute atomic E-state index is 0.246. The summed E-state index contributed by atoms with van der Waals surface area (Å²) in [6, 6.07) is 4.00. The lowest BCUT2D eigenvalue weighted by atomic mass is 10.2. The van der Waals surface area contributed by atoms with Gasteiger partial charge in [0.25, 0.3) is 0 Å². The summed E-state index contributed by atoms with van der Waals surface area (Å²) in [5.74, 6) is 0. The van der Waals surface area contributed by atoms with Crippen LogP contribution in [-0.4, -0.2) is 42.1 Å². The fraction of sp³-hybridized carbons (Fsp3) is 0.692. The second-order valence-electron chi connectivity index (χ2n) is 4.30. The van der Waals surface area contributed by atoms with Crippen molar-refractivity contribution in [2.75, 3.05) is 19.7 Å². The first-order valence-electron chi connectivity index (χ1n) is 6.39. The first kappa shape index (κ1) is 15.6. The molecule has 0 fully saturated rings. The lowest BCUT2D eigenvalue weighted by Gasteiger charge is -2.13. The number of ether oxygens (including phenoxy) is 1. The molecule has 104 valence electrons. The largest absolute Gasteiger partial charge is 0.393 e. The molecule has 0 saturated carbocycles. The molecular formula is C13H23NO3S. The number of aliphatic hydroxyl groups is 2. The molecule has 1 rings (SSSR count). The zero-order valence-corrected chi connectivity index (χ0v) is 11.7. The van der Waals surface area contributed by atoms with Crippen LogP contribution in [0.1, 0.15) is 24.6 Å².